The number of aromatic nitrogens is 4. The van der Waals surface area contributed by atoms with E-state index < -0.39 is 29.1 Å². The number of benzene rings is 3. The number of amides is 3. The number of pyridine rings is 1. The summed E-state index contributed by atoms with van der Waals surface area (Å²) in [6.45, 7) is 15.1. The molecule has 4 aliphatic rings. The fourth-order valence-electron chi connectivity index (χ4n) is 11.4. The van der Waals surface area contributed by atoms with Gasteiger partial charge in [-0.25, -0.2) is 13.8 Å². The van der Waals surface area contributed by atoms with E-state index in [2.05, 4.69) is 51.5 Å². The third kappa shape index (κ3) is 11.9. The van der Waals surface area contributed by atoms with Crippen molar-refractivity contribution in [3.63, 3.8) is 0 Å². The molecule has 4 aliphatic heterocycles. The number of hydrogen-bond acceptors (Lipinski definition) is 14. The summed E-state index contributed by atoms with van der Waals surface area (Å²) in [5.41, 5.74) is 4.25. The van der Waals surface area contributed by atoms with E-state index in [1.807, 2.05) is 57.5 Å². The second-order valence-electron chi connectivity index (χ2n) is 21.9. The van der Waals surface area contributed by atoms with Crippen molar-refractivity contribution in [2.45, 2.75) is 103 Å². The number of phenols is 1. The molecule has 7 heterocycles. The molecule has 4 atom stereocenters. The predicted molar refractivity (Wildman–Crippen MR) is 294 cm³/mol. The number of fused-ring (bicyclic) bond motifs is 4. The van der Waals surface area contributed by atoms with Gasteiger partial charge in [-0.2, -0.15) is 9.97 Å². The number of aryl methyl sites for hydroxylation is 1. The van der Waals surface area contributed by atoms with Gasteiger partial charge in [0.2, 0.25) is 17.7 Å². The molecule has 4 fully saturated rings. The zero-order valence-electron chi connectivity index (χ0n) is 44.2. The molecule has 3 aromatic carbocycles. The number of likely N-dealkylation sites (tertiary alicyclic amines) is 1. The summed E-state index contributed by atoms with van der Waals surface area (Å²) in [6, 6.07) is 12.8. The number of piperazine rings is 2. The van der Waals surface area contributed by atoms with Crippen LogP contribution in [0.1, 0.15) is 82.5 Å². The summed E-state index contributed by atoms with van der Waals surface area (Å²) < 4.78 is 38.2. The lowest BCUT2D eigenvalue weighted by Crippen LogP contribution is -2.57. The summed E-state index contributed by atoms with van der Waals surface area (Å²) in [4.78, 5) is 69.1. The van der Waals surface area contributed by atoms with Crippen molar-refractivity contribution >= 4 is 56.6 Å². The zero-order chi connectivity index (χ0) is 54.0. The van der Waals surface area contributed by atoms with Crippen LogP contribution in [0.15, 0.2) is 60.2 Å². The van der Waals surface area contributed by atoms with Gasteiger partial charge in [0.1, 0.15) is 40.7 Å². The van der Waals surface area contributed by atoms with E-state index in [4.69, 9.17) is 16.1 Å². The lowest BCUT2D eigenvalue weighted by atomic mass is 9.85. The number of ether oxygens (including phenoxy) is 1. The maximum atomic E-state index is 17.0. The Hall–Kier alpha value is -6.85. The highest BCUT2D eigenvalue weighted by Crippen LogP contribution is 2.40. The van der Waals surface area contributed by atoms with Crippen LogP contribution in [0.3, 0.4) is 0 Å². The number of halogens is 2. The Balaban J connectivity index is 0.702. The maximum Gasteiger partial charge on any atom is 0.319 e. The largest absolute Gasteiger partial charge is 0.508 e. The summed E-state index contributed by atoms with van der Waals surface area (Å²) in [6.07, 6.45) is 12.2. The van der Waals surface area contributed by atoms with E-state index in [1.165, 1.54) is 30.5 Å². The number of thiazole rings is 1. The monoisotopic (exact) mass is 1070 g/mol. The molecule has 6 aromatic rings. The van der Waals surface area contributed by atoms with E-state index in [9.17, 15) is 19.5 Å². The zero-order valence-corrected chi connectivity index (χ0v) is 45.0. The van der Waals surface area contributed by atoms with Crippen LogP contribution in [0.4, 0.5) is 14.6 Å². The molecule has 0 radical (unpaired) electrons. The molecule has 0 saturated carbocycles. The smallest absolute Gasteiger partial charge is 0.319 e. The van der Waals surface area contributed by atoms with Gasteiger partial charge in [0.15, 0.2) is 5.82 Å². The SMILES string of the molecule is C#Cc1c(F)ccc2cc(O)cc(-c3ncc4c(N5CC6CCC(C5)N6)nc(OCCCN5CCN(CCCC(=O)NC(C(=O)N6CCC[C@H]6C(=O)NCc6ccc(-c7scnc7C)cc6)C(C)(C)C)CC5)nc4c3F)c12. The van der Waals surface area contributed by atoms with Gasteiger partial charge in [0.05, 0.1) is 33.6 Å². The molecule has 16 nitrogen and oxygen atoms in total. The minimum absolute atomic E-state index is 0.00132. The number of nitrogens with one attached hydrogen (secondary N) is 3. The number of carbonyl (C=O) groups is 3. The molecule has 10 rings (SSSR count). The number of rotatable bonds is 17. The van der Waals surface area contributed by atoms with Gasteiger partial charge in [0.25, 0.3) is 0 Å². The van der Waals surface area contributed by atoms with Crippen LogP contribution in [0.5, 0.6) is 11.8 Å². The first-order valence-corrected chi connectivity index (χ1v) is 27.7. The number of terminal acetylenes is 1. The topological polar surface area (TPSA) is 181 Å². The number of carbonyl (C=O) groups excluding carboxylic acids is 3. The number of aromatic hydroxyl groups is 1. The molecule has 0 spiro atoms. The van der Waals surface area contributed by atoms with Crippen molar-refractivity contribution in [1.29, 1.82) is 0 Å². The summed E-state index contributed by atoms with van der Waals surface area (Å²) in [7, 11) is 0. The van der Waals surface area contributed by atoms with Crippen molar-refractivity contribution in [3.8, 4) is 45.8 Å². The number of anilines is 1. The average molecular weight is 1070 g/mol. The van der Waals surface area contributed by atoms with Crippen molar-refractivity contribution in [3.05, 3.63) is 88.7 Å². The molecular weight excluding hydrogens is 1000 g/mol. The molecule has 3 amide bonds. The van der Waals surface area contributed by atoms with E-state index >= 15 is 8.78 Å². The fraction of sp³-hybridized carbons (Fsp3) is 0.466. The van der Waals surface area contributed by atoms with Crippen LogP contribution < -0.4 is 25.6 Å². The van der Waals surface area contributed by atoms with Crippen molar-refractivity contribution < 1.29 is 33.0 Å². The van der Waals surface area contributed by atoms with Crippen LogP contribution in [0.2, 0.25) is 0 Å². The van der Waals surface area contributed by atoms with Crippen LogP contribution in [-0.4, -0.2) is 147 Å². The Morgan fingerprint density at radius 2 is 1.68 bits per heavy atom. The van der Waals surface area contributed by atoms with Gasteiger partial charge in [-0.05, 0) is 92.1 Å². The van der Waals surface area contributed by atoms with Crippen LogP contribution in [-0.2, 0) is 20.9 Å². The van der Waals surface area contributed by atoms with Crippen LogP contribution in [0.25, 0.3) is 43.4 Å². The number of nitrogens with zero attached hydrogens (tertiary/aromatic N) is 8. The summed E-state index contributed by atoms with van der Waals surface area (Å²) in [5, 5.41) is 21.5. The lowest BCUT2D eigenvalue weighted by Gasteiger charge is -2.36. The standard InChI is InChI=1S/C58H67F2N11O5S/c1-6-42-45(59)19-16-38-28-41(72)29-43(48(38)42)50-49(60)51-44(31-61-50)54(70-32-39-17-18-40(33-70)64-39)67-57(66-51)76-27-9-21-69-25-23-68(24-26-69)20-8-11-47(73)65-53(58(3,4)5)56(75)71-22-7-10-46(71)55(74)62-30-36-12-14-37(15-13-36)52-35(2)63-34-77-52/h1,12-16,19,28-29,31,34,39-40,46,53,64,72H,7-11,17-18,20-27,30,32-33H2,2-5H3,(H,62,74)(H,65,73)/t39?,40?,46-,53?/m0/s1. The van der Waals surface area contributed by atoms with Gasteiger partial charge in [-0.15, -0.1) is 17.8 Å². The maximum absolute atomic E-state index is 17.0. The minimum atomic E-state index is -0.782. The molecule has 4 N–H and O–H groups in total. The predicted octanol–water partition coefficient (Wildman–Crippen LogP) is 7.19. The molecule has 77 heavy (non-hydrogen) atoms. The van der Waals surface area contributed by atoms with Gasteiger partial charge in [-0.1, -0.05) is 57.0 Å². The second kappa shape index (κ2) is 23.0. The first kappa shape index (κ1) is 53.5. The van der Waals surface area contributed by atoms with Crippen LogP contribution >= 0.6 is 11.3 Å². The van der Waals surface area contributed by atoms with Gasteiger partial charge < -0.3 is 45.4 Å². The number of hydrogen-bond donors (Lipinski definition) is 4. The van der Waals surface area contributed by atoms with Gasteiger partial charge >= 0.3 is 6.01 Å². The van der Waals surface area contributed by atoms with Gasteiger partial charge in [-0.3, -0.25) is 19.4 Å². The van der Waals surface area contributed by atoms with Crippen molar-refractivity contribution in [1.82, 2.24) is 50.6 Å². The van der Waals surface area contributed by atoms with Crippen LogP contribution in [0, 0.1) is 36.3 Å². The van der Waals surface area contributed by atoms with E-state index in [-0.39, 0.29) is 75.7 Å². The molecule has 19 heteroatoms. The molecule has 3 aromatic heterocycles. The first-order valence-electron chi connectivity index (χ1n) is 26.9. The second-order valence-corrected chi connectivity index (χ2v) is 22.8. The normalized spacial score (nSPS) is 19.4. The Bertz CT molecular complexity index is 3200. The molecule has 0 aliphatic carbocycles. The lowest BCUT2D eigenvalue weighted by molar-refractivity contribution is -0.144. The third-order valence-electron chi connectivity index (χ3n) is 15.5. The fourth-order valence-corrected chi connectivity index (χ4v) is 12.2. The number of phenolic OH excluding ortho intramolecular Hbond substituents is 1. The van der Waals surface area contributed by atoms with Crippen molar-refractivity contribution in [2.24, 2.45) is 5.41 Å². The summed E-state index contributed by atoms with van der Waals surface area (Å²) >= 11 is 1.60. The van der Waals surface area contributed by atoms with Crippen molar-refractivity contribution in [2.75, 3.05) is 70.4 Å². The highest BCUT2D eigenvalue weighted by atomic mass is 32.1. The Kier molecular flexibility index (Phi) is 16.0. The summed E-state index contributed by atoms with van der Waals surface area (Å²) in [5.74, 6) is 0.764. The van der Waals surface area contributed by atoms with Gasteiger partial charge in [0, 0.05) is 94.6 Å². The van der Waals surface area contributed by atoms with E-state index in [0.717, 1.165) is 73.8 Å². The van der Waals surface area contributed by atoms with E-state index in [1.54, 1.807) is 16.2 Å². The Labute approximate surface area is 452 Å². The third-order valence-corrected chi connectivity index (χ3v) is 16.5. The Morgan fingerprint density at radius 1 is 0.948 bits per heavy atom. The Morgan fingerprint density at radius 3 is 2.36 bits per heavy atom. The molecule has 2 bridgehead atoms. The average Bonchev–Trinajstić information content (AvgIpc) is 4.23. The van der Waals surface area contributed by atoms with E-state index in [0.29, 0.717) is 75.1 Å². The molecule has 3 unspecified atom stereocenters. The highest BCUT2D eigenvalue weighted by Gasteiger charge is 2.42. The highest BCUT2D eigenvalue weighted by molar-refractivity contribution is 7.13. The quantitative estimate of drug-likeness (QED) is 0.0533. The molecule has 404 valence electrons. The minimum Gasteiger partial charge on any atom is -0.508 e. The molecular formula is C58H67F2N11O5S. The first-order chi connectivity index (χ1) is 37.1. The molecule has 4 saturated heterocycles.